The average molecular weight is 250 g/mol. The van der Waals surface area contributed by atoms with Crippen molar-refractivity contribution in [2.75, 3.05) is 32.1 Å². The predicted molar refractivity (Wildman–Crippen MR) is 73.6 cm³/mol. The van der Waals surface area contributed by atoms with Gasteiger partial charge in [0.05, 0.1) is 13.2 Å². The van der Waals surface area contributed by atoms with Crippen molar-refractivity contribution in [1.82, 2.24) is 4.90 Å². The van der Waals surface area contributed by atoms with Crippen LogP contribution < -0.4 is 5.32 Å². The second-order valence-corrected chi connectivity index (χ2v) is 4.46. The first-order chi connectivity index (χ1) is 8.65. The first-order valence-electron chi connectivity index (χ1n) is 6.34. The summed E-state index contributed by atoms with van der Waals surface area (Å²) in [5.41, 5.74) is 2.10. The average Bonchev–Trinajstić information content (AvgIpc) is 2.32. The molecule has 4 nitrogen and oxygen atoms in total. The smallest absolute Gasteiger partial charge is 0.238 e. The molecule has 0 saturated carbocycles. The fourth-order valence-electron chi connectivity index (χ4n) is 1.74. The number of rotatable bonds is 7. The van der Waals surface area contributed by atoms with Crippen LogP contribution in [0.15, 0.2) is 24.3 Å². The molecule has 1 aromatic rings. The number of benzene rings is 1. The number of hydrogen-bond acceptors (Lipinski definition) is 3. The van der Waals surface area contributed by atoms with Crippen molar-refractivity contribution in [2.24, 2.45) is 0 Å². The number of carbonyl (C=O) groups is 1. The topological polar surface area (TPSA) is 52.6 Å². The number of nitrogens with zero attached hydrogens (tertiary/aromatic N) is 1. The molecular weight excluding hydrogens is 228 g/mol. The van der Waals surface area contributed by atoms with Gasteiger partial charge in [0.15, 0.2) is 0 Å². The maximum atomic E-state index is 11.7. The third kappa shape index (κ3) is 5.29. The van der Waals surface area contributed by atoms with Crippen LogP contribution in [-0.4, -0.2) is 42.7 Å². The lowest BCUT2D eigenvalue weighted by molar-refractivity contribution is -0.117. The molecule has 0 atom stereocenters. The van der Waals surface area contributed by atoms with Crippen LogP contribution in [0.1, 0.15) is 18.9 Å². The molecule has 0 fully saturated rings. The molecule has 0 aliphatic rings. The molecule has 2 N–H and O–H groups in total. The quantitative estimate of drug-likeness (QED) is 0.771. The minimum Gasteiger partial charge on any atom is -0.395 e. The molecule has 0 radical (unpaired) electrons. The van der Waals surface area contributed by atoms with E-state index in [1.54, 1.807) is 11.9 Å². The highest BCUT2D eigenvalue weighted by atomic mass is 16.3. The van der Waals surface area contributed by atoms with E-state index in [-0.39, 0.29) is 19.1 Å². The summed E-state index contributed by atoms with van der Waals surface area (Å²) in [5.74, 6) is -0.0609. The lowest BCUT2D eigenvalue weighted by Crippen LogP contribution is -2.32. The van der Waals surface area contributed by atoms with Gasteiger partial charge >= 0.3 is 0 Å². The summed E-state index contributed by atoms with van der Waals surface area (Å²) in [6, 6.07) is 7.93. The Kier molecular flexibility index (Phi) is 6.39. The molecule has 0 aliphatic carbocycles. The molecule has 0 saturated heterocycles. The van der Waals surface area contributed by atoms with Crippen LogP contribution in [0, 0.1) is 0 Å². The summed E-state index contributed by atoms with van der Waals surface area (Å²) < 4.78 is 0. The van der Waals surface area contributed by atoms with Crippen LogP contribution in [0.5, 0.6) is 0 Å². The van der Waals surface area contributed by atoms with Gasteiger partial charge < -0.3 is 10.4 Å². The maximum Gasteiger partial charge on any atom is 0.238 e. The van der Waals surface area contributed by atoms with Crippen molar-refractivity contribution in [3.8, 4) is 0 Å². The highest BCUT2D eigenvalue weighted by Gasteiger charge is 2.06. The normalized spacial score (nSPS) is 10.7. The summed E-state index contributed by atoms with van der Waals surface area (Å²) in [7, 11) is 1.81. The van der Waals surface area contributed by atoms with Gasteiger partial charge in [-0.05, 0) is 31.2 Å². The van der Waals surface area contributed by atoms with E-state index in [1.165, 1.54) is 5.56 Å². The van der Waals surface area contributed by atoms with Gasteiger partial charge in [-0.1, -0.05) is 25.5 Å². The molecular formula is C14H22N2O2. The Bertz CT molecular complexity index is 363. The number of anilines is 1. The summed E-state index contributed by atoms with van der Waals surface area (Å²) >= 11 is 0. The van der Waals surface area contributed by atoms with Gasteiger partial charge in [0.1, 0.15) is 0 Å². The van der Waals surface area contributed by atoms with Crippen LogP contribution in [0.3, 0.4) is 0 Å². The molecule has 0 unspecified atom stereocenters. The second-order valence-electron chi connectivity index (χ2n) is 4.46. The number of aliphatic hydroxyl groups excluding tert-OH is 1. The zero-order chi connectivity index (χ0) is 13.4. The number of aliphatic hydroxyl groups is 1. The molecule has 1 aromatic carbocycles. The number of nitrogens with one attached hydrogen (secondary N) is 1. The fourth-order valence-corrected chi connectivity index (χ4v) is 1.74. The minimum absolute atomic E-state index is 0.0609. The van der Waals surface area contributed by atoms with E-state index in [4.69, 9.17) is 5.11 Å². The van der Waals surface area contributed by atoms with Crippen molar-refractivity contribution in [2.45, 2.75) is 19.8 Å². The Hall–Kier alpha value is -1.39. The van der Waals surface area contributed by atoms with Crippen molar-refractivity contribution >= 4 is 11.6 Å². The Labute approximate surface area is 109 Å². The standard InChI is InChI=1S/C14H22N2O2/c1-3-4-12-5-7-13(8-6-12)15-14(18)11-16(2)9-10-17/h5-8,17H,3-4,9-11H2,1-2H3,(H,15,18). The molecule has 1 amide bonds. The van der Waals surface area contributed by atoms with Crippen LogP contribution in [0.2, 0.25) is 0 Å². The number of likely N-dealkylation sites (N-methyl/N-ethyl adjacent to an activating group) is 1. The lowest BCUT2D eigenvalue weighted by Gasteiger charge is -2.14. The van der Waals surface area contributed by atoms with Crippen molar-refractivity contribution in [3.63, 3.8) is 0 Å². The van der Waals surface area contributed by atoms with Crippen LogP contribution in [0.4, 0.5) is 5.69 Å². The van der Waals surface area contributed by atoms with E-state index in [9.17, 15) is 4.79 Å². The van der Waals surface area contributed by atoms with Gasteiger partial charge in [0.25, 0.3) is 0 Å². The van der Waals surface area contributed by atoms with E-state index in [1.807, 2.05) is 24.3 Å². The van der Waals surface area contributed by atoms with E-state index in [0.717, 1.165) is 18.5 Å². The molecule has 0 bridgehead atoms. The van der Waals surface area contributed by atoms with Crippen molar-refractivity contribution < 1.29 is 9.90 Å². The first-order valence-corrected chi connectivity index (χ1v) is 6.34. The summed E-state index contributed by atoms with van der Waals surface area (Å²) in [5, 5.41) is 11.6. The molecule has 4 heteroatoms. The monoisotopic (exact) mass is 250 g/mol. The number of hydrogen-bond donors (Lipinski definition) is 2. The third-order valence-corrected chi connectivity index (χ3v) is 2.67. The molecule has 0 heterocycles. The van der Waals surface area contributed by atoms with Crippen molar-refractivity contribution in [1.29, 1.82) is 0 Å². The third-order valence-electron chi connectivity index (χ3n) is 2.67. The van der Waals surface area contributed by atoms with Gasteiger partial charge in [0, 0.05) is 12.2 Å². The number of aryl methyl sites for hydroxylation is 1. The number of carbonyl (C=O) groups excluding carboxylic acids is 1. The Morgan fingerprint density at radius 2 is 2.00 bits per heavy atom. The Morgan fingerprint density at radius 3 is 2.56 bits per heavy atom. The first kappa shape index (κ1) is 14.7. The lowest BCUT2D eigenvalue weighted by atomic mass is 10.1. The van der Waals surface area contributed by atoms with Crippen LogP contribution in [-0.2, 0) is 11.2 Å². The largest absolute Gasteiger partial charge is 0.395 e. The van der Waals surface area contributed by atoms with Gasteiger partial charge in [-0.3, -0.25) is 9.69 Å². The second kappa shape index (κ2) is 7.84. The van der Waals surface area contributed by atoms with Crippen LogP contribution >= 0.6 is 0 Å². The summed E-state index contributed by atoms with van der Waals surface area (Å²) in [6.45, 7) is 3.00. The molecule has 100 valence electrons. The predicted octanol–water partition coefficient (Wildman–Crippen LogP) is 1.50. The molecule has 0 aliphatic heterocycles. The van der Waals surface area contributed by atoms with Gasteiger partial charge in [0.2, 0.25) is 5.91 Å². The molecule has 18 heavy (non-hydrogen) atoms. The zero-order valence-corrected chi connectivity index (χ0v) is 11.1. The minimum atomic E-state index is -0.0609. The summed E-state index contributed by atoms with van der Waals surface area (Å²) in [4.78, 5) is 13.5. The van der Waals surface area contributed by atoms with Crippen LogP contribution in [0.25, 0.3) is 0 Å². The van der Waals surface area contributed by atoms with E-state index < -0.39 is 0 Å². The van der Waals surface area contributed by atoms with E-state index >= 15 is 0 Å². The highest BCUT2D eigenvalue weighted by Crippen LogP contribution is 2.10. The molecule has 0 spiro atoms. The maximum absolute atomic E-state index is 11.7. The van der Waals surface area contributed by atoms with E-state index in [2.05, 4.69) is 12.2 Å². The SMILES string of the molecule is CCCc1ccc(NC(=O)CN(C)CCO)cc1. The van der Waals surface area contributed by atoms with Crippen molar-refractivity contribution in [3.05, 3.63) is 29.8 Å². The van der Waals surface area contributed by atoms with Gasteiger partial charge in [-0.15, -0.1) is 0 Å². The Balaban J connectivity index is 2.44. The molecule has 0 aromatic heterocycles. The summed E-state index contributed by atoms with van der Waals surface area (Å²) in [6.07, 6.45) is 2.19. The fraction of sp³-hybridized carbons (Fsp3) is 0.500. The molecule has 1 rings (SSSR count). The Morgan fingerprint density at radius 1 is 1.33 bits per heavy atom. The van der Waals surface area contributed by atoms with Gasteiger partial charge in [-0.25, -0.2) is 0 Å². The van der Waals surface area contributed by atoms with Gasteiger partial charge in [-0.2, -0.15) is 0 Å². The van der Waals surface area contributed by atoms with E-state index in [0.29, 0.717) is 6.54 Å². The number of amides is 1. The highest BCUT2D eigenvalue weighted by molar-refractivity contribution is 5.92. The zero-order valence-electron chi connectivity index (χ0n) is 11.1.